The summed E-state index contributed by atoms with van der Waals surface area (Å²) in [4.78, 5) is 39.6. The average Bonchev–Trinajstić information content (AvgIpc) is 3.03. The highest BCUT2D eigenvalue weighted by atomic mass is 19.1. The minimum absolute atomic E-state index is 0.0997. The van der Waals surface area contributed by atoms with Crippen LogP contribution in [0.2, 0.25) is 0 Å². The summed E-state index contributed by atoms with van der Waals surface area (Å²) in [7, 11) is 0. The number of amides is 1. The quantitative estimate of drug-likeness (QED) is 0.632. The molecule has 0 radical (unpaired) electrons. The third kappa shape index (κ3) is 3.65. The zero-order valence-corrected chi connectivity index (χ0v) is 15.9. The van der Waals surface area contributed by atoms with Crippen LogP contribution in [0.4, 0.5) is 10.1 Å². The van der Waals surface area contributed by atoms with E-state index in [1.54, 1.807) is 41.3 Å². The SMILES string of the molecule is CC(=O)c1ccc(N2CCN(C(=O)Cn3c(=O)oc4ccccc43)CC2)c(F)c1. The van der Waals surface area contributed by atoms with Crippen LogP contribution in [0.1, 0.15) is 17.3 Å². The summed E-state index contributed by atoms with van der Waals surface area (Å²) in [6, 6.07) is 11.4. The van der Waals surface area contributed by atoms with E-state index in [0.717, 1.165) is 0 Å². The zero-order valence-electron chi connectivity index (χ0n) is 15.9. The van der Waals surface area contributed by atoms with Gasteiger partial charge < -0.3 is 14.2 Å². The van der Waals surface area contributed by atoms with Gasteiger partial charge in [0.25, 0.3) is 0 Å². The van der Waals surface area contributed by atoms with Crippen molar-refractivity contribution in [1.82, 2.24) is 9.47 Å². The molecule has 0 aliphatic carbocycles. The maximum absolute atomic E-state index is 14.4. The number of carbonyl (C=O) groups is 2. The van der Waals surface area contributed by atoms with Gasteiger partial charge in [0, 0.05) is 31.7 Å². The number of hydrogen-bond donors (Lipinski definition) is 0. The number of rotatable bonds is 4. The number of piperazine rings is 1. The van der Waals surface area contributed by atoms with E-state index in [9.17, 15) is 18.8 Å². The molecule has 4 rings (SSSR count). The van der Waals surface area contributed by atoms with Gasteiger partial charge in [0.15, 0.2) is 11.4 Å². The average molecular weight is 397 g/mol. The maximum Gasteiger partial charge on any atom is 0.420 e. The standard InChI is InChI=1S/C21H20FN3O4/c1-14(26)15-6-7-17(16(22)12-15)23-8-10-24(11-9-23)20(27)13-25-18-4-2-3-5-19(18)29-21(25)28/h2-7,12H,8-11,13H2,1H3. The lowest BCUT2D eigenvalue weighted by atomic mass is 10.1. The Balaban J connectivity index is 1.43. The molecule has 1 fully saturated rings. The van der Waals surface area contributed by atoms with E-state index in [4.69, 9.17) is 4.42 Å². The zero-order chi connectivity index (χ0) is 20.5. The van der Waals surface area contributed by atoms with Crippen molar-refractivity contribution >= 4 is 28.5 Å². The van der Waals surface area contributed by atoms with E-state index in [2.05, 4.69) is 0 Å². The Morgan fingerprint density at radius 3 is 2.48 bits per heavy atom. The Bertz CT molecular complexity index is 1140. The number of oxazole rings is 1. The molecule has 0 bridgehead atoms. The summed E-state index contributed by atoms with van der Waals surface area (Å²) >= 11 is 0. The van der Waals surface area contributed by atoms with E-state index in [0.29, 0.717) is 48.5 Å². The smallest absolute Gasteiger partial charge is 0.408 e. The first-order valence-electron chi connectivity index (χ1n) is 9.35. The molecule has 0 saturated carbocycles. The molecule has 1 saturated heterocycles. The second-order valence-corrected chi connectivity index (χ2v) is 7.01. The number of anilines is 1. The van der Waals surface area contributed by atoms with E-state index >= 15 is 0 Å². The van der Waals surface area contributed by atoms with Gasteiger partial charge in [-0.2, -0.15) is 0 Å². The number of halogens is 1. The highest BCUT2D eigenvalue weighted by molar-refractivity contribution is 5.94. The third-order valence-electron chi connectivity index (χ3n) is 5.19. The molecule has 0 spiro atoms. The number of ketones is 1. The number of carbonyl (C=O) groups excluding carboxylic acids is 2. The Morgan fingerprint density at radius 2 is 1.79 bits per heavy atom. The van der Waals surface area contributed by atoms with Gasteiger partial charge >= 0.3 is 5.76 Å². The Kier molecular flexibility index (Phi) is 4.92. The van der Waals surface area contributed by atoms with Crippen LogP contribution in [0.15, 0.2) is 51.7 Å². The first kappa shape index (κ1) is 18.9. The Hall–Kier alpha value is -3.42. The van der Waals surface area contributed by atoms with Gasteiger partial charge in [0.1, 0.15) is 12.4 Å². The van der Waals surface area contributed by atoms with Gasteiger partial charge in [-0.15, -0.1) is 0 Å². The van der Waals surface area contributed by atoms with Gasteiger partial charge in [-0.3, -0.25) is 14.2 Å². The topological polar surface area (TPSA) is 75.8 Å². The van der Waals surface area contributed by atoms with Gasteiger partial charge in [-0.05, 0) is 37.3 Å². The summed E-state index contributed by atoms with van der Waals surface area (Å²) in [6.45, 7) is 3.05. The second-order valence-electron chi connectivity index (χ2n) is 7.01. The van der Waals surface area contributed by atoms with Crippen molar-refractivity contribution < 1.29 is 18.4 Å². The van der Waals surface area contributed by atoms with Crippen LogP contribution in [0.25, 0.3) is 11.1 Å². The largest absolute Gasteiger partial charge is 0.420 e. The number of fused-ring (bicyclic) bond motifs is 1. The summed E-state index contributed by atoms with van der Waals surface area (Å²) in [5, 5.41) is 0. The lowest BCUT2D eigenvalue weighted by molar-refractivity contribution is -0.132. The Labute approximate surface area is 165 Å². The van der Waals surface area contributed by atoms with Crippen LogP contribution in [0.3, 0.4) is 0 Å². The minimum atomic E-state index is -0.564. The molecule has 1 aliphatic heterocycles. The van der Waals surface area contributed by atoms with Crippen LogP contribution in [-0.2, 0) is 11.3 Å². The van der Waals surface area contributed by atoms with Crippen molar-refractivity contribution in [1.29, 1.82) is 0 Å². The molecular weight excluding hydrogens is 377 g/mol. The molecule has 29 heavy (non-hydrogen) atoms. The van der Waals surface area contributed by atoms with Crippen LogP contribution < -0.4 is 10.7 Å². The predicted octanol–water partition coefficient (Wildman–Crippen LogP) is 2.29. The minimum Gasteiger partial charge on any atom is -0.408 e. The van der Waals surface area contributed by atoms with E-state index in [-0.39, 0.29) is 18.2 Å². The third-order valence-corrected chi connectivity index (χ3v) is 5.19. The van der Waals surface area contributed by atoms with Gasteiger partial charge in [-0.25, -0.2) is 9.18 Å². The van der Waals surface area contributed by atoms with Crippen molar-refractivity contribution in [3.63, 3.8) is 0 Å². The molecule has 3 aromatic rings. The van der Waals surface area contributed by atoms with Crippen LogP contribution >= 0.6 is 0 Å². The Morgan fingerprint density at radius 1 is 1.07 bits per heavy atom. The number of Topliss-reactive ketones (excluding diaryl/α,β-unsaturated/α-hetero) is 1. The highest BCUT2D eigenvalue weighted by Crippen LogP contribution is 2.22. The number of para-hydroxylation sites is 2. The molecular formula is C21H20FN3O4. The van der Waals surface area contributed by atoms with Crippen molar-refractivity contribution in [3.8, 4) is 0 Å². The lowest BCUT2D eigenvalue weighted by Gasteiger charge is -2.36. The van der Waals surface area contributed by atoms with Crippen LogP contribution in [-0.4, -0.2) is 47.3 Å². The van der Waals surface area contributed by atoms with E-state index in [1.165, 1.54) is 17.6 Å². The van der Waals surface area contributed by atoms with E-state index in [1.807, 2.05) is 4.90 Å². The number of nitrogens with zero attached hydrogens (tertiary/aromatic N) is 3. The molecule has 7 nitrogen and oxygen atoms in total. The monoisotopic (exact) mass is 397 g/mol. The normalized spacial score (nSPS) is 14.4. The predicted molar refractivity (Wildman–Crippen MR) is 106 cm³/mol. The molecule has 8 heteroatoms. The fraction of sp³-hybridized carbons (Fsp3) is 0.286. The van der Waals surface area contributed by atoms with Crippen LogP contribution in [0.5, 0.6) is 0 Å². The number of benzene rings is 2. The summed E-state index contributed by atoms with van der Waals surface area (Å²) in [6.07, 6.45) is 0. The van der Waals surface area contributed by atoms with Crippen molar-refractivity contribution in [2.45, 2.75) is 13.5 Å². The fourth-order valence-electron chi connectivity index (χ4n) is 3.58. The fourth-order valence-corrected chi connectivity index (χ4v) is 3.58. The summed E-state index contributed by atoms with van der Waals surface area (Å²) in [5.41, 5.74) is 1.77. The molecule has 0 N–H and O–H groups in total. The molecule has 1 aromatic heterocycles. The van der Waals surface area contributed by atoms with Gasteiger partial charge in [0.2, 0.25) is 5.91 Å². The molecule has 0 atom stereocenters. The molecule has 2 heterocycles. The lowest BCUT2D eigenvalue weighted by Crippen LogP contribution is -2.50. The van der Waals surface area contributed by atoms with Gasteiger partial charge in [0.05, 0.1) is 11.2 Å². The summed E-state index contributed by atoms with van der Waals surface area (Å²) in [5.74, 6) is -1.39. The second kappa shape index (κ2) is 7.54. The first-order chi connectivity index (χ1) is 13.9. The maximum atomic E-state index is 14.4. The molecule has 1 aliphatic rings. The van der Waals surface area contributed by atoms with Crippen molar-refractivity contribution in [2.75, 3.05) is 31.1 Å². The van der Waals surface area contributed by atoms with Crippen molar-refractivity contribution in [3.05, 3.63) is 64.4 Å². The molecule has 2 aromatic carbocycles. The van der Waals surface area contributed by atoms with Crippen molar-refractivity contribution in [2.24, 2.45) is 0 Å². The molecule has 150 valence electrons. The number of aromatic nitrogens is 1. The molecule has 1 amide bonds. The highest BCUT2D eigenvalue weighted by Gasteiger charge is 2.24. The first-order valence-corrected chi connectivity index (χ1v) is 9.35. The van der Waals surface area contributed by atoms with E-state index < -0.39 is 11.6 Å². The number of hydrogen-bond acceptors (Lipinski definition) is 5. The van der Waals surface area contributed by atoms with Crippen LogP contribution in [0, 0.1) is 5.82 Å². The summed E-state index contributed by atoms with van der Waals surface area (Å²) < 4.78 is 20.9. The molecule has 0 unspecified atom stereocenters. The van der Waals surface area contributed by atoms with Gasteiger partial charge in [-0.1, -0.05) is 12.1 Å².